The molecule has 0 aliphatic carbocycles. The van der Waals surface area contributed by atoms with E-state index in [0.29, 0.717) is 0 Å². The van der Waals surface area contributed by atoms with Gasteiger partial charge in [0.15, 0.2) is 0 Å². The molecule has 0 aromatic carbocycles. The largest absolute Gasteiger partial charge is 0.232 e. The van der Waals surface area contributed by atoms with Crippen LogP contribution in [0.1, 0.15) is 4.88 Å². The van der Waals surface area contributed by atoms with Gasteiger partial charge in [0.1, 0.15) is 0 Å². The van der Waals surface area contributed by atoms with Gasteiger partial charge in [-0.15, -0.1) is 34.0 Å². The number of rotatable bonds is 5. The minimum absolute atomic E-state index is 0.730. The van der Waals surface area contributed by atoms with Gasteiger partial charge in [0.05, 0.1) is 11.7 Å². The van der Waals surface area contributed by atoms with Gasteiger partial charge < -0.3 is 0 Å². The van der Waals surface area contributed by atoms with Gasteiger partial charge in [0.2, 0.25) is 0 Å². The van der Waals surface area contributed by atoms with Crippen LogP contribution in [0.15, 0.2) is 46.8 Å². The summed E-state index contributed by atoms with van der Waals surface area (Å²) >= 11 is 10.1. The Bertz CT molecular complexity index is 730. The van der Waals surface area contributed by atoms with Crippen molar-refractivity contribution in [2.24, 2.45) is 4.99 Å². The van der Waals surface area contributed by atoms with E-state index in [0.717, 1.165) is 13.0 Å². The van der Waals surface area contributed by atoms with Gasteiger partial charge in [-0.05, 0) is 47.9 Å². The fourth-order valence-electron chi connectivity index (χ4n) is 1.88. The Hall–Kier alpha value is -1.10. The maximum atomic E-state index is 4.58. The van der Waals surface area contributed by atoms with Crippen LogP contribution in [0.25, 0.3) is 19.5 Å². The summed E-state index contributed by atoms with van der Waals surface area (Å²) in [6, 6.07) is 13.1. The molecule has 3 aromatic heterocycles. The number of nitrogens with zero attached hydrogens (tertiary/aromatic N) is 1. The van der Waals surface area contributed by atoms with Gasteiger partial charge in [-0.1, -0.05) is 6.07 Å². The quantitative estimate of drug-likeness (QED) is 0.421. The van der Waals surface area contributed by atoms with Crippen molar-refractivity contribution in [2.75, 3.05) is 6.54 Å². The summed E-state index contributed by atoms with van der Waals surface area (Å²) < 4.78 is 0. The SMILES string of the molecule is S=C=NCCc1ccc(-c2ccc(-c3cccs3)s2)s1. The second kappa shape index (κ2) is 6.57. The number of aliphatic imine (C=N–C) groups is 1. The van der Waals surface area contributed by atoms with E-state index in [4.69, 9.17) is 0 Å². The van der Waals surface area contributed by atoms with Gasteiger partial charge in [-0.2, -0.15) is 0 Å². The highest BCUT2D eigenvalue weighted by molar-refractivity contribution is 7.78. The van der Waals surface area contributed by atoms with Crippen molar-refractivity contribution in [1.82, 2.24) is 0 Å². The van der Waals surface area contributed by atoms with E-state index in [1.807, 2.05) is 22.7 Å². The normalized spacial score (nSPS) is 10.4. The van der Waals surface area contributed by atoms with Crippen LogP contribution in [0.5, 0.6) is 0 Å². The van der Waals surface area contributed by atoms with Gasteiger partial charge >= 0.3 is 0 Å². The molecule has 0 amide bonds. The average molecular weight is 334 g/mol. The van der Waals surface area contributed by atoms with E-state index in [9.17, 15) is 0 Å². The molecule has 0 aliphatic heterocycles. The average Bonchev–Trinajstić information content (AvgIpc) is 3.19. The lowest BCUT2D eigenvalue weighted by molar-refractivity contribution is 0.997. The summed E-state index contributed by atoms with van der Waals surface area (Å²) in [5.41, 5.74) is 0. The molecule has 0 unspecified atom stereocenters. The molecule has 3 heterocycles. The molecule has 0 spiro atoms. The van der Waals surface area contributed by atoms with Gasteiger partial charge in [-0.3, -0.25) is 0 Å². The lowest BCUT2D eigenvalue weighted by atomic mass is 10.3. The highest BCUT2D eigenvalue weighted by Gasteiger charge is 2.08. The first kappa shape index (κ1) is 13.9. The molecule has 0 aliphatic rings. The summed E-state index contributed by atoms with van der Waals surface area (Å²) in [7, 11) is 0. The minimum atomic E-state index is 0.730. The van der Waals surface area contributed by atoms with Crippen molar-refractivity contribution >= 4 is 51.4 Å². The number of isothiocyanates is 1. The van der Waals surface area contributed by atoms with Crippen LogP contribution in [-0.4, -0.2) is 11.7 Å². The standard InChI is InChI=1S/C15H11NS4/c17-10-16-8-7-11-3-4-14(19-11)15-6-5-13(20-15)12-2-1-9-18-12/h1-6,9H,7-8H2. The molecule has 0 N–H and O–H groups in total. The van der Waals surface area contributed by atoms with Crippen molar-refractivity contribution in [3.8, 4) is 19.5 Å². The zero-order valence-corrected chi connectivity index (χ0v) is 13.8. The molecule has 20 heavy (non-hydrogen) atoms. The molecular formula is C15H11NS4. The smallest absolute Gasteiger partial charge is 0.0585 e. The highest BCUT2D eigenvalue weighted by atomic mass is 32.1. The fraction of sp³-hybridized carbons (Fsp3) is 0.133. The van der Waals surface area contributed by atoms with Gasteiger partial charge in [0.25, 0.3) is 0 Å². The molecule has 0 saturated heterocycles. The summed E-state index contributed by atoms with van der Waals surface area (Å²) in [5, 5.41) is 4.53. The second-order valence-electron chi connectivity index (χ2n) is 4.13. The lowest BCUT2D eigenvalue weighted by Crippen LogP contribution is -1.83. The van der Waals surface area contributed by atoms with Crippen molar-refractivity contribution in [3.05, 3.63) is 46.7 Å². The number of thiophene rings is 3. The highest BCUT2D eigenvalue weighted by Crippen LogP contribution is 2.39. The molecule has 0 fully saturated rings. The van der Waals surface area contributed by atoms with Crippen LogP contribution in [0, 0.1) is 0 Å². The topological polar surface area (TPSA) is 12.4 Å². The van der Waals surface area contributed by atoms with Crippen LogP contribution in [-0.2, 0) is 6.42 Å². The Balaban J connectivity index is 1.78. The number of hydrogen-bond donors (Lipinski definition) is 0. The zero-order valence-electron chi connectivity index (χ0n) is 10.5. The molecule has 0 atom stereocenters. The summed E-state index contributed by atoms with van der Waals surface area (Å²) in [5.74, 6) is 0. The van der Waals surface area contributed by atoms with Crippen molar-refractivity contribution < 1.29 is 0 Å². The first-order valence-corrected chi connectivity index (χ1v) is 9.05. The predicted molar refractivity (Wildman–Crippen MR) is 94.5 cm³/mol. The Morgan fingerprint density at radius 3 is 2.45 bits per heavy atom. The van der Waals surface area contributed by atoms with Crippen molar-refractivity contribution in [3.63, 3.8) is 0 Å². The van der Waals surface area contributed by atoms with Crippen LogP contribution in [0.4, 0.5) is 0 Å². The molecule has 5 heteroatoms. The van der Waals surface area contributed by atoms with E-state index in [1.165, 1.54) is 24.4 Å². The van der Waals surface area contributed by atoms with E-state index in [2.05, 4.69) is 64.1 Å². The molecule has 100 valence electrons. The first-order chi connectivity index (χ1) is 9.86. The van der Waals surface area contributed by atoms with E-state index >= 15 is 0 Å². The van der Waals surface area contributed by atoms with E-state index in [1.54, 1.807) is 11.3 Å². The van der Waals surface area contributed by atoms with Crippen LogP contribution < -0.4 is 0 Å². The summed E-state index contributed by atoms with van der Waals surface area (Å²) in [6.45, 7) is 0.730. The monoisotopic (exact) mass is 333 g/mol. The van der Waals surface area contributed by atoms with Crippen molar-refractivity contribution in [1.29, 1.82) is 0 Å². The van der Waals surface area contributed by atoms with E-state index < -0.39 is 0 Å². The summed E-state index contributed by atoms with van der Waals surface area (Å²) in [4.78, 5) is 10.7. The fourth-order valence-corrected chi connectivity index (χ4v) is 4.90. The lowest BCUT2D eigenvalue weighted by Gasteiger charge is -1.91. The number of hydrogen-bond acceptors (Lipinski definition) is 5. The minimum Gasteiger partial charge on any atom is -0.232 e. The molecule has 3 rings (SSSR count). The van der Waals surface area contributed by atoms with Gasteiger partial charge in [-0.25, -0.2) is 4.99 Å². The van der Waals surface area contributed by atoms with Crippen molar-refractivity contribution in [2.45, 2.75) is 6.42 Å². The molecule has 0 radical (unpaired) electrons. The van der Waals surface area contributed by atoms with Crippen LogP contribution in [0.3, 0.4) is 0 Å². The molecule has 3 aromatic rings. The Morgan fingerprint density at radius 1 is 0.950 bits per heavy atom. The Morgan fingerprint density at radius 2 is 1.70 bits per heavy atom. The maximum Gasteiger partial charge on any atom is 0.0585 e. The zero-order chi connectivity index (χ0) is 13.8. The Kier molecular flexibility index (Phi) is 4.55. The van der Waals surface area contributed by atoms with Crippen LogP contribution in [0.2, 0.25) is 0 Å². The molecule has 0 saturated carbocycles. The number of thiocarbonyl (C=S) groups is 1. The van der Waals surface area contributed by atoms with Crippen LogP contribution >= 0.6 is 46.2 Å². The molecular weight excluding hydrogens is 322 g/mol. The second-order valence-corrected chi connectivity index (χ2v) is 7.51. The first-order valence-electron chi connectivity index (χ1n) is 6.13. The molecule has 0 bridgehead atoms. The van der Waals surface area contributed by atoms with E-state index in [-0.39, 0.29) is 0 Å². The third-order valence-electron chi connectivity index (χ3n) is 2.81. The third kappa shape index (κ3) is 3.14. The predicted octanol–water partition coefficient (Wildman–Crippen LogP) is 5.85. The summed E-state index contributed by atoms with van der Waals surface area (Å²) in [6.07, 6.45) is 0.942. The maximum absolute atomic E-state index is 4.58. The third-order valence-corrected chi connectivity index (χ3v) is 6.43. The Labute approximate surface area is 135 Å². The molecule has 1 nitrogen and oxygen atoms in total. The van der Waals surface area contributed by atoms with Gasteiger partial charge in [0, 0.05) is 30.8 Å².